The molecule has 32 heavy (non-hydrogen) atoms. The first-order chi connectivity index (χ1) is 15.2. The van der Waals surface area contributed by atoms with Gasteiger partial charge in [0.1, 0.15) is 6.04 Å². The molecule has 8 heteroatoms. The van der Waals surface area contributed by atoms with Gasteiger partial charge in [-0.05, 0) is 44.4 Å². The summed E-state index contributed by atoms with van der Waals surface area (Å²) in [4.78, 5) is 37.9. The number of Topliss-reactive ketones (excluding diaryl/α,β-unsaturated/α-hetero) is 1. The third-order valence-electron chi connectivity index (χ3n) is 5.28. The number of esters is 1. The highest BCUT2D eigenvalue weighted by Gasteiger charge is 2.28. The number of hydrogen-bond acceptors (Lipinski definition) is 5. The van der Waals surface area contributed by atoms with E-state index in [1.54, 1.807) is 51.3 Å². The van der Waals surface area contributed by atoms with Crippen molar-refractivity contribution in [1.82, 2.24) is 9.88 Å². The molecular weight excluding hydrogens is 432 g/mol. The fourth-order valence-electron chi connectivity index (χ4n) is 3.46. The molecule has 0 bridgehead atoms. The molecule has 1 aromatic carbocycles. The molecule has 2 aromatic rings. The number of benzene rings is 1. The van der Waals surface area contributed by atoms with Gasteiger partial charge in [-0.2, -0.15) is 0 Å². The van der Waals surface area contributed by atoms with Crippen LogP contribution in [0.15, 0.2) is 30.3 Å². The Morgan fingerprint density at radius 2 is 1.81 bits per heavy atom. The molecule has 1 aromatic heterocycles. The van der Waals surface area contributed by atoms with E-state index in [0.29, 0.717) is 12.2 Å². The van der Waals surface area contributed by atoms with Gasteiger partial charge in [0.25, 0.3) is 5.91 Å². The third-order valence-corrected chi connectivity index (χ3v) is 5.61. The number of ether oxygens (including phenoxy) is 2. The Labute approximate surface area is 194 Å². The van der Waals surface area contributed by atoms with Crippen LogP contribution < -0.4 is 5.32 Å². The van der Waals surface area contributed by atoms with E-state index in [2.05, 4.69) is 9.88 Å². The number of halogens is 1. The van der Waals surface area contributed by atoms with Gasteiger partial charge in [0.15, 0.2) is 6.61 Å². The summed E-state index contributed by atoms with van der Waals surface area (Å²) in [5.41, 5.74) is 2.57. The van der Waals surface area contributed by atoms with E-state index in [1.165, 1.54) is 0 Å². The number of hydrogen-bond donors (Lipinski definition) is 1. The normalized spacial score (nSPS) is 12.0. The molecule has 0 aliphatic carbocycles. The van der Waals surface area contributed by atoms with Crippen LogP contribution in [0.1, 0.15) is 52.4 Å². The van der Waals surface area contributed by atoms with Crippen molar-refractivity contribution in [1.29, 1.82) is 0 Å². The summed E-state index contributed by atoms with van der Waals surface area (Å²) >= 11 is 6.07. The molecule has 0 radical (unpaired) electrons. The SMILES string of the molecule is COCCCn1c(C)cc(C(=O)COC(=O)[C@@H](NC(=O)c2ccccc2Cl)C(C)C)c1C. The van der Waals surface area contributed by atoms with Gasteiger partial charge in [-0.15, -0.1) is 0 Å². The Balaban J connectivity index is 2.03. The van der Waals surface area contributed by atoms with Crippen molar-refractivity contribution in [3.05, 3.63) is 57.9 Å². The Bertz CT molecular complexity index is 967. The van der Waals surface area contributed by atoms with Gasteiger partial charge >= 0.3 is 5.97 Å². The van der Waals surface area contributed by atoms with Gasteiger partial charge in [0.05, 0.1) is 10.6 Å². The second-order valence-electron chi connectivity index (χ2n) is 7.99. The highest BCUT2D eigenvalue weighted by molar-refractivity contribution is 6.33. The number of nitrogens with zero attached hydrogens (tertiary/aromatic N) is 1. The maximum atomic E-state index is 12.7. The van der Waals surface area contributed by atoms with Gasteiger partial charge < -0.3 is 19.4 Å². The molecule has 0 aliphatic heterocycles. The second kappa shape index (κ2) is 11.8. The van der Waals surface area contributed by atoms with Gasteiger partial charge in [0, 0.05) is 37.2 Å². The fraction of sp³-hybridized carbons (Fsp3) is 0.458. The van der Waals surface area contributed by atoms with Crippen LogP contribution in [-0.4, -0.2) is 48.6 Å². The predicted octanol–water partition coefficient (Wildman–Crippen LogP) is 3.98. The standard InChI is InChI=1S/C24H31ClN2O5/c1-15(2)22(26-23(29)18-9-6-7-10-20(18)25)24(30)32-14-21(28)19-13-16(3)27(17(19)4)11-8-12-31-5/h6-7,9-10,13,15,22H,8,11-12,14H2,1-5H3,(H,26,29)/t22-/m0/s1. The summed E-state index contributed by atoms with van der Waals surface area (Å²) in [7, 11) is 1.65. The van der Waals surface area contributed by atoms with Crippen molar-refractivity contribution in [3.63, 3.8) is 0 Å². The first kappa shape index (κ1) is 25.6. The monoisotopic (exact) mass is 462 g/mol. The Morgan fingerprint density at radius 3 is 2.44 bits per heavy atom. The van der Waals surface area contributed by atoms with E-state index in [4.69, 9.17) is 21.1 Å². The molecule has 1 N–H and O–H groups in total. The lowest BCUT2D eigenvalue weighted by molar-refractivity contribution is -0.145. The summed E-state index contributed by atoms with van der Waals surface area (Å²) in [5, 5.41) is 2.95. The van der Waals surface area contributed by atoms with Crippen LogP contribution in [0.3, 0.4) is 0 Å². The summed E-state index contributed by atoms with van der Waals surface area (Å²) in [6.07, 6.45) is 0.830. The van der Waals surface area contributed by atoms with Crippen LogP contribution in [0, 0.1) is 19.8 Å². The minimum absolute atomic E-state index is 0.241. The molecule has 0 unspecified atom stereocenters. The van der Waals surface area contributed by atoms with Crippen molar-refractivity contribution in [3.8, 4) is 0 Å². The molecule has 0 saturated carbocycles. The number of methoxy groups -OCH3 is 1. The fourth-order valence-corrected chi connectivity index (χ4v) is 3.68. The highest BCUT2D eigenvalue weighted by atomic mass is 35.5. The van der Waals surface area contributed by atoms with Crippen molar-refractivity contribution in [2.24, 2.45) is 5.92 Å². The van der Waals surface area contributed by atoms with Crippen molar-refractivity contribution in [2.45, 2.75) is 46.7 Å². The number of aryl methyl sites for hydroxylation is 1. The van der Waals surface area contributed by atoms with E-state index in [1.807, 2.05) is 13.8 Å². The lowest BCUT2D eigenvalue weighted by Crippen LogP contribution is -2.45. The molecule has 7 nitrogen and oxygen atoms in total. The number of carbonyl (C=O) groups is 3. The number of carbonyl (C=O) groups excluding carboxylic acids is 3. The molecule has 1 heterocycles. The number of aromatic nitrogens is 1. The average Bonchev–Trinajstić information content (AvgIpc) is 3.04. The number of nitrogens with one attached hydrogen (secondary N) is 1. The molecule has 174 valence electrons. The summed E-state index contributed by atoms with van der Waals surface area (Å²) in [6, 6.07) is 7.47. The zero-order chi connectivity index (χ0) is 23.8. The molecule has 2 rings (SSSR count). The average molecular weight is 463 g/mol. The Kier molecular flexibility index (Phi) is 9.47. The Hall–Kier alpha value is -2.64. The lowest BCUT2D eigenvalue weighted by Gasteiger charge is -2.21. The highest BCUT2D eigenvalue weighted by Crippen LogP contribution is 2.18. The number of ketones is 1. The third kappa shape index (κ3) is 6.43. The topological polar surface area (TPSA) is 86.6 Å². The molecule has 0 aliphatic rings. The van der Waals surface area contributed by atoms with E-state index >= 15 is 0 Å². The molecular formula is C24H31ClN2O5. The maximum Gasteiger partial charge on any atom is 0.329 e. The van der Waals surface area contributed by atoms with Crippen LogP contribution in [-0.2, 0) is 20.8 Å². The van der Waals surface area contributed by atoms with E-state index in [-0.39, 0.29) is 22.3 Å². The van der Waals surface area contributed by atoms with Crippen molar-refractivity contribution < 1.29 is 23.9 Å². The Morgan fingerprint density at radius 1 is 1.12 bits per heavy atom. The largest absolute Gasteiger partial charge is 0.456 e. The first-order valence-corrected chi connectivity index (χ1v) is 11.0. The van der Waals surface area contributed by atoms with Gasteiger partial charge in [-0.25, -0.2) is 4.79 Å². The first-order valence-electron chi connectivity index (χ1n) is 10.6. The van der Waals surface area contributed by atoms with Crippen LogP contribution in [0.5, 0.6) is 0 Å². The van der Waals surface area contributed by atoms with E-state index in [9.17, 15) is 14.4 Å². The van der Waals surface area contributed by atoms with Crippen LogP contribution in [0.2, 0.25) is 5.02 Å². The van der Waals surface area contributed by atoms with Gasteiger partial charge in [0.2, 0.25) is 5.78 Å². The van der Waals surface area contributed by atoms with E-state index < -0.39 is 24.5 Å². The molecule has 0 spiro atoms. The quantitative estimate of drug-likeness (QED) is 0.310. The smallest absolute Gasteiger partial charge is 0.329 e. The second-order valence-corrected chi connectivity index (χ2v) is 8.40. The molecule has 0 saturated heterocycles. The van der Waals surface area contributed by atoms with E-state index in [0.717, 1.165) is 24.4 Å². The van der Waals surface area contributed by atoms with Gasteiger partial charge in [-0.1, -0.05) is 37.6 Å². The molecule has 0 fully saturated rings. The van der Waals surface area contributed by atoms with Crippen molar-refractivity contribution in [2.75, 3.05) is 20.3 Å². The number of rotatable bonds is 11. The summed E-state index contributed by atoms with van der Waals surface area (Å²) < 4.78 is 12.4. The molecule has 1 amide bonds. The van der Waals surface area contributed by atoms with Crippen molar-refractivity contribution >= 4 is 29.3 Å². The van der Waals surface area contributed by atoms with Crippen LogP contribution in [0.4, 0.5) is 0 Å². The minimum atomic E-state index is -0.909. The summed E-state index contributed by atoms with van der Waals surface area (Å²) in [6.45, 7) is 8.35. The van der Waals surface area contributed by atoms with Crippen LogP contribution in [0.25, 0.3) is 0 Å². The van der Waals surface area contributed by atoms with Gasteiger partial charge in [-0.3, -0.25) is 9.59 Å². The number of amides is 1. The zero-order valence-corrected chi connectivity index (χ0v) is 20.0. The molecule has 1 atom stereocenters. The zero-order valence-electron chi connectivity index (χ0n) is 19.2. The van der Waals surface area contributed by atoms with Crippen LogP contribution >= 0.6 is 11.6 Å². The predicted molar refractivity (Wildman–Crippen MR) is 123 cm³/mol. The lowest BCUT2D eigenvalue weighted by atomic mass is 10.0. The minimum Gasteiger partial charge on any atom is -0.456 e. The summed E-state index contributed by atoms with van der Waals surface area (Å²) in [5.74, 6) is -1.67. The maximum absolute atomic E-state index is 12.7.